The zero-order chi connectivity index (χ0) is 25.1. The highest BCUT2D eigenvalue weighted by atomic mass is 19.1. The lowest BCUT2D eigenvalue weighted by molar-refractivity contribution is -0.154. The number of hydrogen-bond acceptors (Lipinski definition) is 7. The number of ether oxygens (including phenoxy) is 2. The molecule has 0 unspecified atom stereocenters. The molecule has 1 amide bonds. The minimum atomic E-state index is -0.565. The molecular weight excluding hydrogens is 451 g/mol. The molecule has 3 fully saturated rings. The Kier molecular flexibility index (Phi) is 7.62. The van der Waals surface area contributed by atoms with Gasteiger partial charge in [0.2, 0.25) is 11.9 Å². The first-order chi connectivity index (χ1) is 16.7. The summed E-state index contributed by atoms with van der Waals surface area (Å²) in [7, 11) is 0. The van der Waals surface area contributed by atoms with Crippen LogP contribution < -0.4 is 9.64 Å². The van der Waals surface area contributed by atoms with Gasteiger partial charge in [0.05, 0.1) is 24.1 Å². The van der Waals surface area contributed by atoms with Crippen molar-refractivity contribution in [3.05, 3.63) is 24.3 Å². The fourth-order valence-electron chi connectivity index (χ4n) is 4.81. The van der Waals surface area contributed by atoms with Crippen molar-refractivity contribution in [2.75, 3.05) is 37.7 Å². The lowest BCUT2D eigenvalue weighted by atomic mass is 9.77. The van der Waals surface area contributed by atoms with Crippen molar-refractivity contribution in [3.8, 4) is 5.75 Å². The first-order valence-electron chi connectivity index (χ1n) is 12.7. The predicted molar refractivity (Wildman–Crippen MR) is 130 cm³/mol. The van der Waals surface area contributed by atoms with Gasteiger partial charge in [0.1, 0.15) is 12.2 Å². The summed E-state index contributed by atoms with van der Waals surface area (Å²) in [6.07, 6.45) is 9.08. The minimum Gasteiger partial charge on any atom is -0.486 e. The quantitative estimate of drug-likeness (QED) is 0.485. The fourth-order valence-corrected chi connectivity index (χ4v) is 4.81. The third kappa shape index (κ3) is 6.70. The number of carbonyl (C=O) groups is 2. The summed E-state index contributed by atoms with van der Waals surface area (Å²) in [4.78, 5) is 37.9. The lowest BCUT2D eigenvalue weighted by Crippen LogP contribution is -2.45. The van der Waals surface area contributed by atoms with Gasteiger partial charge < -0.3 is 19.3 Å². The molecule has 3 heterocycles. The number of anilines is 1. The van der Waals surface area contributed by atoms with Crippen LogP contribution >= 0.6 is 0 Å². The van der Waals surface area contributed by atoms with Crippen LogP contribution in [0.4, 0.5) is 10.3 Å². The fraction of sp³-hybridized carbons (Fsp3) is 0.692. The number of esters is 1. The first-order valence-corrected chi connectivity index (χ1v) is 12.7. The molecule has 1 saturated carbocycles. The smallest absolute Gasteiger partial charge is 0.306 e. The highest BCUT2D eigenvalue weighted by molar-refractivity contribution is 5.85. The molecule has 0 bridgehead atoms. The average Bonchev–Trinajstić information content (AvgIpc) is 3.60. The molecular formula is C26H37FN4O4. The van der Waals surface area contributed by atoms with Gasteiger partial charge in [-0.1, -0.05) is 0 Å². The number of aromatic nitrogens is 2. The van der Waals surface area contributed by atoms with E-state index in [-0.39, 0.29) is 30.8 Å². The van der Waals surface area contributed by atoms with Crippen molar-refractivity contribution in [2.24, 2.45) is 11.3 Å². The molecule has 0 aromatic carbocycles. The molecule has 1 aromatic heterocycles. The highest BCUT2D eigenvalue weighted by Gasteiger charge is 2.49. The van der Waals surface area contributed by atoms with Gasteiger partial charge in [0, 0.05) is 32.6 Å². The number of halogens is 1. The summed E-state index contributed by atoms with van der Waals surface area (Å²) in [5.41, 5.74) is -0.411. The van der Waals surface area contributed by atoms with Crippen LogP contribution in [0.25, 0.3) is 0 Å². The van der Waals surface area contributed by atoms with Crippen LogP contribution in [-0.2, 0) is 14.3 Å². The van der Waals surface area contributed by atoms with Gasteiger partial charge in [-0.25, -0.2) is 14.4 Å². The van der Waals surface area contributed by atoms with Gasteiger partial charge in [-0.3, -0.25) is 9.59 Å². The molecule has 1 aliphatic carbocycles. The van der Waals surface area contributed by atoms with E-state index in [1.807, 2.05) is 0 Å². The molecule has 192 valence electrons. The van der Waals surface area contributed by atoms with Crippen molar-refractivity contribution in [1.29, 1.82) is 0 Å². The van der Waals surface area contributed by atoms with Crippen LogP contribution in [-0.4, -0.2) is 65.1 Å². The minimum absolute atomic E-state index is 0.00765. The molecule has 1 aromatic rings. The van der Waals surface area contributed by atoms with E-state index in [0.717, 1.165) is 51.4 Å². The summed E-state index contributed by atoms with van der Waals surface area (Å²) in [5.74, 6) is 1.74. The van der Waals surface area contributed by atoms with Crippen LogP contribution in [0.1, 0.15) is 65.7 Å². The zero-order valence-electron chi connectivity index (χ0n) is 21.1. The van der Waals surface area contributed by atoms with Crippen LogP contribution in [0.15, 0.2) is 24.3 Å². The SMILES string of the molecule is CC(C)(C)OC(=O)CC/C(=C\F)COc1cnc(N2CCC3(CCN(CC4CC4)C3=O)CC2)nc1. The third-order valence-corrected chi connectivity index (χ3v) is 7.04. The van der Waals surface area contributed by atoms with E-state index in [1.165, 1.54) is 12.8 Å². The third-order valence-electron chi connectivity index (χ3n) is 7.04. The van der Waals surface area contributed by atoms with Crippen molar-refractivity contribution in [3.63, 3.8) is 0 Å². The number of likely N-dealkylation sites (tertiary alicyclic amines) is 1. The number of amides is 1. The number of carbonyl (C=O) groups excluding carboxylic acids is 2. The summed E-state index contributed by atoms with van der Waals surface area (Å²) in [6.45, 7) is 8.73. The second kappa shape index (κ2) is 10.5. The molecule has 1 spiro atoms. The highest BCUT2D eigenvalue weighted by Crippen LogP contribution is 2.43. The summed E-state index contributed by atoms with van der Waals surface area (Å²) in [6, 6.07) is 0. The molecule has 8 nitrogen and oxygen atoms in total. The Morgan fingerprint density at radius 2 is 1.80 bits per heavy atom. The zero-order valence-corrected chi connectivity index (χ0v) is 21.1. The standard InChI is InChI=1S/C26H37FN4O4/c1-25(2,3)35-22(32)7-6-20(14-27)18-34-21-15-28-24(29-16-21)30-11-8-26(9-12-30)10-13-31(23(26)33)17-19-4-5-19/h14-16,19H,4-13,17-18H2,1-3H3/b20-14+. The van der Waals surface area contributed by atoms with E-state index >= 15 is 0 Å². The summed E-state index contributed by atoms with van der Waals surface area (Å²) >= 11 is 0. The van der Waals surface area contributed by atoms with Crippen molar-refractivity contribution < 1.29 is 23.5 Å². The number of nitrogens with zero attached hydrogens (tertiary/aromatic N) is 4. The molecule has 2 aliphatic heterocycles. The average molecular weight is 489 g/mol. The van der Waals surface area contributed by atoms with Crippen molar-refractivity contribution in [1.82, 2.24) is 14.9 Å². The largest absolute Gasteiger partial charge is 0.486 e. The van der Waals surface area contributed by atoms with E-state index < -0.39 is 5.60 Å². The molecule has 3 aliphatic rings. The Balaban J connectivity index is 1.22. The Morgan fingerprint density at radius 3 is 2.40 bits per heavy atom. The Morgan fingerprint density at radius 1 is 1.14 bits per heavy atom. The summed E-state index contributed by atoms with van der Waals surface area (Å²) < 4.78 is 24.1. The number of rotatable bonds is 9. The van der Waals surface area contributed by atoms with Crippen LogP contribution in [0, 0.1) is 11.3 Å². The van der Waals surface area contributed by atoms with Crippen molar-refractivity contribution >= 4 is 17.8 Å². The molecule has 4 rings (SSSR count). The molecule has 0 radical (unpaired) electrons. The first kappa shape index (κ1) is 25.4. The maximum atomic E-state index is 13.2. The van der Waals surface area contributed by atoms with Gasteiger partial charge in [-0.05, 0) is 70.8 Å². The van der Waals surface area contributed by atoms with E-state index in [0.29, 0.717) is 29.5 Å². The molecule has 0 N–H and O–H groups in total. The van der Waals surface area contributed by atoms with Gasteiger partial charge in [0.25, 0.3) is 0 Å². The van der Waals surface area contributed by atoms with E-state index in [2.05, 4.69) is 19.8 Å². The molecule has 2 saturated heterocycles. The van der Waals surface area contributed by atoms with Gasteiger partial charge >= 0.3 is 5.97 Å². The lowest BCUT2D eigenvalue weighted by Gasteiger charge is -2.38. The number of hydrogen-bond donors (Lipinski definition) is 0. The van der Waals surface area contributed by atoms with Crippen LogP contribution in [0.3, 0.4) is 0 Å². The second-order valence-electron chi connectivity index (χ2n) is 11.1. The summed E-state index contributed by atoms with van der Waals surface area (Å²) in [5, 5.41) is 0. The van der Waals surface area contributed by atoms with Gasteiger partial charge in [-0.2, -0.15) is 0 Å². The van der Waals surface area contributed by atoms with Crippen LogP contribution in [0.2, 0.25) is 0 Å². The van der Waals surface area contributed by atoms with Gasteiger partial charge in [-0.15, -0.1) is 0 Å². The van der Waals surface area contributed by atoms with E-state index in [1.54, 1.807) is 33.2 Å². The van der Waals surface area contributed by atoms with E-state index in [4.69, 9.17) is 9.47 Å². The predicted octanol–water partition coefficient (Wildman–Crippen LogP) is 4.06. The molecule has 0 atom stereocenters. The molecule has 35 heavy (non-hydrogen) atoms. The van der Waals surface area contributed by atoms with Crippen LogP contribution in [0.5, 0.6) is 5.75 Å². The molecule has 9 heteroatoms. The maximum absolute atomic E-state index is 13.2. The maximum Gasteiger partial charge on any atom is 0.306 e. The topological polar surface area (TPSA) is 84.9 Å². The normalized spacial score (nSPS) is 20.5. The Hall–Kier alpha value is -2.71. The Labute approximate surface area is 206 Å². The van der Waals surface area contributed by atoms with E-state index in [9.17, 15) is 14.0 Å². The Bertz CT molecular complexity index is 932. The van der Waals surface area contributed by atoms with Crippen molar-refractivity contribution in [2.45, 2.75) is 71.3 Å². The second-order valence-corrected chi connectivity index (χ2v) is 11.1. The monoisotopic (exact) mass is 488 g/mol. The van der Waals surface area contributed by atoms with Gasteiger partial charge in [0.15, 0.2) is 5.75 Å². The number of piperidine rings is 1.